The number of aromatic nitrogens is 2. The Hall–Kier alpha value is -0.880. The van der Waals surface area contributed by atoms with Crippen molar-refractivity contribution in [2.45, 2.75) is 17.6 Å². The standard InChI is InChI=1S/C11H17FN4S/c1-17-11(8-13)2-4-16(5-3-11)10-14-6-9(12)7-15-10/h6-7H,2-5,8,13H2,1H3. The number of thioether (sulfide) groups is 1. The highest BCUT2D eigenvalue weighted by Gasteiger charge is 2.33. The summed E-state index contributed by atoms with van der Waals surface area (Å²) >= 11 is 1.84. The summed E-state index contributed by atoms with van der Waals surface area (Å²) in [6.07, 6.45) is 6.57. The lowest BCUT2D eigenvalue weighted by atomic mass is 9.96. The van der Waals surface area contributed by atoms with E-state index in [0.29, 0.717) is 12.5 Å². The van der Waals surface area contributed by atoms with Crippen molar-refractivity contribution in [1.82, 2.24) is 9.97 Å². The quantitative estimate of drug-likeness (QED) is 0.883. The van der Waals surface area contributed by atoms with E-state index in [1.807, 2.05) is 11.8 Å². The van der Waals surface area contributed by atoms with Crippen LogP contribution in [0.3, 0.4) is 0 Å². The molecule has 0 bridgehead atoms. The zero-order valence-electron chi connectivity index (χ0n) is 9.90. The first kappa shape index (κ1) is 12.6. The van der Waals surface area contributed by atoms with Crippen molar-refractivity contribution in [1.29, 1.82) is 0 Å². The van der Waals surface area contributed by atoms with E-state index >= 15 is 0 Å². The first-order valence-corrected chi connectivity index (χ1v) is 6.89. The maximum absolute atomic E-state index is 12.7. The molecule has 1 saturated heterocycles. The van der Waals surface area contributed by atoms with Crippen LogP contribution in [0.1, 0.15) is 12.8 Å². The second kappa shape index (κ2) is 5.18. The molecule has 0 radical (unpaired) electrons. The van der Waals surface area contributed by atoms with Gasteiger partial charge in [0.2, 0.25) is 5.95 Å². The van der Waals surface area contributed by atoms with Gasteiger partial charge in [0.25, 0.3) is 0 Å². The summed E-state index contributed by atoms with van der Waals surface area (Å²) in [5, 5.41) is 0. The Bertz CT molecular complexity index is 356. The molecule has 0 aromatic carbocycles. The molecule has 1 aromatic heterocycles. The van der Waals surface area contributed by atoms with Gasteiger partial charge in [-0.05, 0) is 19.1 Å². The van der Waals surface area contributed by atoms with Gasteiger partial charge in [0, 0.05) is 24.4 Å². The fourth-order valence-corrected chi connectivity index (χ4v) is 2.83. The van der Waals surface area contributed by atoms with Crippen molar-refractivity contribution in [2.24, 2.45) is 5.73 Å². The van der Waals surface area contributed by atoms with E-state index in [1.165, 1.54) is 12.4 Å². The average Bonchev–Trinajstić information content (AvgIpc) is 2.40. The Balaban J connectivity index is 2.01. The summed E-state index contributed by atoms with van der Waals surface area (Å²) in [4.78, 5) is 10.1. The molecule has 1 fully saturated rings. The summed E-state index contributed by atoms with van der Waals surface area (Å²) in [5.74, 6) is 0.212. The molecule has 1 aliphatic rings. The molecular formula is C11H17FN4S. The minimum atomic E-state index is -0.397. The van der Waals surface area contributed by atoms with Crippen LogP contribution in [0.5, 0.6) is 0 Å². The van der Waals surface area contributed by atoms with Crippen LogP contribution in [-0.2, 0) is 0 Å². The number of hydrogen-bond acceptors (Lipinski definition) is 5. The molecule has 1 aliphatic heterocycles. The van der Waals surface area contributed by atoms with Crippen LogP contribution in [0.25, 0.3) is 0 Å². The van der Waals surface area contributed by atoms with E-state index < -0.39 is 5.82 Å². The fraction of sp³-hybridized carbons (Fsp3) is 0.636. The van der Waals surface area contributed by atoms with E-state index in [9.17, 15) is 4.39 Å². The molecule has 0 atom stereocenters. The molecule has 0 amide bonds. The van der Waals surface area contributed by atoms with Crippen molar-refractivity contribution in [2.75, 3.05) is 30.8 Å². The van der Waals surface area contributed by atoms with E-state index in [0.717, 1.165) is 25.9 Å². The van der Waals surface area contributed by atoms with Gasteiger partial charge in [-0.25, -0.2) is 14.4 Å². The van der Waals surface area contributed by atoms with Gasteiger partial charge < -0.3 is 10.6 Å². The van der Waals surface area contributed by atoms with Crippen molar-refractivity contribution < 1.29 is 4.39 Å². The van der Waals surface area contributed by atoms with Gasteiger partial charge in [0.1, 0.15) is 0 Å². The van der Waals surface area contributed by atoms with Gasteiger partial charge in [-0.3, -0.25) is 0 Å². The molecule has 0 saturated carbocycles. The minimum absolute atomic E-state index is 0.191. The van der Waals surface area contributed by atoms with Crippen molar-refractivity contribution in [3.63, 3.8) is 0 Å². The van der Waals surface area contributed by atoms with E-state index in [1.54, 1.807) is 0 Å². The summed E-state index contributed by atoms with van der Waals surface area (Å²) in [5.41, 5.74) is 5.83. The SMILES string of the molecule is CSC1(CN)CCN(c2ncc(F)cn2)CC1. The second-order valence-corrected chi connectivity index (χ2v) is 5.55. The number of anilines is 1. The lowest BCUT2D eigenvalue weighted by Gasteiger charge is -2.39. The first-order valence-electron chi connectivity index (χ1n) is 5.67. The molecule has 1 aromatic rings. The van der Waals surface area contributed by atoms with Crippen LogP contribution in [0.15, 0.2) is 12.4 Å². The number of nitrogens with two attached hydrogens (primary N) is 1. The Morgan fingerprint density at radius 1 is 1.41 bits per heavy atom. The summed E-state index contributed by atoms with van der Waals surface area (Å²) < 4.78 is 12.9. The number of piperidine rings is 1. The maximum atomic E-state index is 12.7. The van der Waals surface area contributed by atoms with Crippen molar-refractivity contribution in [3.05, 3.63) is 18.2 Å². The molecule has 17 heavy (non-hydrogen) atoms. The molecule has 4 nitrogen and oxygen atoms in total. The minimum Gasteiger partial charge on any atom is -0.341 e. The third-order valence-corrected chi connectivity index (χ3v) is 4.81. The smallest absolute Gasteiger partial charge is 0.225 e. The van der Waals surface area contributed by atoms with E-state index in [-0.39, 0.29) is 4.75 Å². The van der Waals surface area contributed by atoms with Gasteiger partial charge in [-0.15, -0.1) is 0 Å². The topological polar surface area (TPSA) is 55.0 Å². The number of halogens is 1. The normalized spacial score (nSPS) is 19.4. The van der Waals surface area contributed by atoms with Crippen LogP contribution in [-0.4, -0.2) is 40.6 Å². The van der Waals surface area contributed by atoms with Gasteiger partial charge in [0.05, 0.1) is 12.4 Å². The zero-order chi connectivity index (χ0) is 12.3. The van der Waals surface area contributed by atoms with Gasteiger partial charge in [0.15, 0.2) is 5.82 Å². The highest BCUT2D eigenvalue weighted by atomic mass is 32.2. The predicted molar refractivity (Wildman–Crippen MR) is 68.7 cm³/mol. The van der Waals surface area contributed by atoms with Gasteiger partial charge in [-0.2, -0.15) is 11.8 Å². The first-order chi connectivity index (χ1) is 8.19. The highest BCUT2D eigenvalue weighted by Crippen LogP contribution is 2.34. The summed E-state index contributed by atoms with van der Waals surface area (Å²) in [7, 11) is 0. The van der Waals surface area contributed by atoms with Gasteiger partial charge >= 0.3 is 0 Å². The molecule has 0 aliphatic carbocycles. The number of nitrogens with zero attached hydrogens (tertiary/aromatic N) is 3. The van der Waals surface area contributed by atoms with E-state index in [4.69, 9.17) is 5.73 Å². The Morgan fingerprint density at radius 2 is 2.00 bits per heavy atom. The van der Waals surface area contributed by atoms with Crippen LogP contribution in [0.2, 0.25) is 0 Å². The van der Waals surface area contributed by atoms with Crippen molar-refractivity contribution >= 4 is 17.7 Å². The highest BCUT2D eigenvalue weighted by molar-refractivity contribution is 8.00. The molecular weight excluding hydrogens is 239 g/mol. The van der Waals surface area contributed by atoms with E-state index in [2.05, 4.69) is 21.1 Å². The zero-order valence-corrected chi connectivity index (χ0v) is 10.7. The lowest BCUT2D eigenvalue weighted by Crippen LogP contribution is -2.47. The van der Waals surface area contributed by atoms with Crippen LogP contribution in [0, 0.1) is 5.82 Å². The van der Waals surface area contributed by atoms with Crippen LogP contribution in [0.4, 0.5) is 10.3 Å². The fourth-order valence-electron chi connectivity index (χ4n) is 2.07. The summed E-state index contributed by atoms with van der Waals surface area (Å²) in [6, 6.07) is 0. The molecule has 94 valence electrons. The third-order valence-electron chi connectivity index (χ3n) is 3.37. The Morgan fingerprint density at radius 3 is 2.47 bits per heavy atom. The Labute approximate surface area is 105 Å². The molecule has 0 unspecified atom stereocenters. The molecule has 6 heteroatoms. The molecule has 2 rings (SSSR count). The maximum Gasteiger partial charge on any atom is 0.225 e. The van der Waals surface area contributed by atoms with Crippen LogP contribution >= 0.6 is 11.8 Å². The Kier molecular flexibility index (Phi) is 3.83. The lowest BCUT2D eigenvalue weighted by molar-refractivity contribution is 0.452. The number of rotatable bonds is 3. The molecule has 2 N–H and O–H groups in total. The largest absolute Gasteiger partial charge is 0.341 e. The van der Waals surface area contributed by atoms with Crippen LogP contribution < -0.4 is 10.6 Å². The third kappa shape index (κ3) is 2.69. The molecule has 2 heterocycles. The molecule has 0 spiro atoms. The predicted octanol–water partition coefficient (Wildman–Crippen LogP) is 1.28. The number of hydrogen-bond donors (Lipinski definition) is 1. The van der Waals surface area contributed by atoms with Crippen molar-refractivity contribution in [3.8, 4) is 0 Å². The monoisotopic (exact) mass is 256 g/mol. The van der Waals surface area contributed by atoms with Gasteiger partial charge in [-0.1, -0.05) is 0 Å². The second-order valence-electron chi connectivity index (χ2n) is 4.28. The average molecular weight is 256 g/mol. The summed E-state index contributed by atoms with van der Waals surface area (Å²) in [6.45, 7) is 2.46.